The minimum atomic E-state index is -0.890. The second-order valence-corrected chi connectivity index (χ2v) is 7.11. The number of halogens is 2. The van der Waals surface area contributed by atoms with Gasteiger partial charge in [0, 0.05) is 4.47 Å². The molecule has 1 heterocycles. The lowest BCUT2D eigenvalue weighted by molar-refractivity contribution is -0.125. The molecule has 2 N–H and O–H groups in total. The number of fused-ring (bicyclic) bond motifs is 1. The molecule has 3 rings (SSSR count). The van der Waals surface area contributed by atoms with Crippen molar-refractivity contribution in [2.24, 2.45) is 5.73 Å². The summed E-state index contributed by atoms with van der Waals surface area (Å²) in [5.41, 5.74) is 5.93. The molecule has 1 unspecified atom stereocenters. The molecule has 0 fully saturated rings. The molecule has 2 aromatic carbocycles. The highest BCUT2D eigenvalue weighted by Crippen LogP contribution is 2.33. The van der Waals surface area contributed by atoms with Crippen molar-refractivity contribution in [3.05, 3.63) is 51.4 Å². The highest BCUT2D eigenvalue weighted by molar-refractivity contribution is 9.11. The summed E-state index contributed by atoms with van der Waals surface area (Å²) in [5.74, 6) is 0.0703. The molecule has 1 aliphatic heterocycles. The number of nitrogens with zero attached hydrogens (tertiary/aromatic N) is 1. The van der Waals surface area contributed by atoms with Crippen molar-refractivity contribution in [3.63, 3.8) is 0 Å². The van der Waals surface area contributed by atoms with Crippen LogP contribution in [0.25, 0.3) is 0 Å². The van der Waals surface area contributed by atoms with Crippen LogP contribution in [0, 0.1) is 0 Å². The van der Waals surface area contributed by atoms with E-state index in [1.165, 1.54) is 4.90 Å². The first-order valence-electron chi connectivity index (χ1n) is 7.39. The molecule has 130 valence electrons. The van der Waals surface area contributed by atoms with Crippen LogP contribution in [0.5, 0.6) is 11.5 Å². The third-order valence-corrected chi connectivity index (χ3v) is 4.75. The average Bonchev–Trinajstić information content (AvgIpc) is 2.59. The molecule has 1 aliphatic rings. The van der Waals surface area contributed by atoms with Gasteiger partial charge in [-0.2, -0.15) is 0 Å². The molecule has 0 saturated heterocycles. The van der Waals surface area contributed by atoms with Crippen LogP contribution in [0.1, 0.15) is 0 Å². The van der Waals surface area contributed by atoms with Crippen LogP contribution in [0.4, 0.5) is 5.69 Å². The molecule has 25 heavy (non-hydrogen) atoms. The van der Waals surface area contributed by atoms with E-state index < -0.39 is 12.0 Å². The average molecular weight is 470 g/mol. The van der Waals surface area contributed by atoms with Crippen LogP contribution >= 0.6 is 31.9 Å². The predicted octanol–water partition coefficient (Wildman–Crippen LogP) is 2.87. The van der Waals surface area contributed by atoms with Crippen molar-refractivity contribution >= 4 is 49.4 Å². The fourth-order valence-electron chi connectivity index (χ4n) is 2.43. The largest absolute Gasteiger partial charge is 0.483 e. The number of carbonyl (C=O) groups is 2. The molecule has 0 radical (unpaired) electrons. The van der Waals surface area contributed by atoms with Crippen molar-refractivity contribution in [1.29, 1.82) is 0 Å². The summed E-state index contributed by atoms with van der Waals surface area (Å²) in [6.45, 7) is -0.129. The molecule has 2 amide bonds. The lowest BCUT2D eigenvalue weighted by Gasteiger charge is -2.33. The summed E-state index contributed by atoms with van der Waals surface area (Å²) in [6, 6.07) is 12.4. The number of primary amides is 1. The van der Waals surface area contributed by atoms with Crippen LogP contribution in [-0.2, 0) is 9.59 Å². The molecule has 6 nitrogen and oxygen atoms in total. The van der Waals surface area contributed by atoms with Gasteiger partial charge >= 0.3 is 0 Å². The number of hydrogen-bond acceptors (Lipinski definition) is 4. The molecule has 0 aliphatic carbocycles. The van der Waals surface area contributed by atoms with Gasteiger partial charge in [0.1, 0.15) is 11.5 Å². The van der Waals surface area contributed by atoms with E-state index in [0.29, 0.717) is 17.2 Å². The zero-order valence-electron chi connectivity index (χ0n) is 12.9. The summed E-state index contributed by atoms with van der Waals surface area (Å²) in [6.07, 6.45) is -0.890. The lowest BCUT2D eigenvalue weighted by atomic mass is 10.2. The molecule has 8 heteroatoms. The van der Waals surface area contributed by atoms with E-state index in [9.17, 15) is 9.59 Å². The number of amides is 2. The number of hydrogen-bond donors (Lipinski definition) is 1. The third-order valence-electron chi connectivity index (χ3n) is 3.64. The maximum absolute atomic E-state index is 12.6. The van der Waals surface area contributed by atoms with Crippen LogP contribution in [0.2, 0.25) is 0 Å². The Hall–Kier alpha value is -2.06. The van der Waals surface area contributed by atoms with Crippen molar-refractivity contribution in [2.45, 2.75) is 6.10 Å². The second kappa shape index (κ2) is 7.45. The van der Waals surface area contributed by atoms with E-state index >= 15 is 0 Å². The van der Waals surface area contributed by atoms with Gasteiger partial charge in [0.15, 0.2) is 12.7 Å². The summed E-state index contributed by atoms with van der Waals surface area (Å²) in [5, 5.41) is 0. The van der Waals surface area contributed by atoms with E-state index in [1.54, 1.807) is 30.3 Å². The highest BCUT2D eigenvalue weighted by Gasteiger charge is 2.32. The molecule has 0 spiro atoms. The van der Waals surface area contributed by atoms with Gasteiger partial charge in [0.05, 0.1) is 16.7 Å². The number of carbonyl (C=O) groups excluding carboxylic acids is 2. The Bertz CT molecular complexity index is 828. The van der Waals surface area contributed by atoms with Crippen molar-refractivity contribution < 1.29 is 19.1 Å². The van der Waals surface area contributed by atoms with Gasteiger partial charge in [-0.05, 0) is 46.3 Å². The van der Waals surface area contributed by atoms with E-state index in [1.807, 2.05) is 12.1 Å². The monoisotopic (exact) mass is 468 g/mol. The Kier molecular flexibility index (Phi) is 5.29. The van der Waals surface area contributed by atoms with Crippen molar-refractivity contribution in [1.82, 2.24) is 0 Å². The van der Waals surface area contributed by atoms with Gasteiger partial charge in [-0.1, -0.05) is 28.1 Å². The minimum absolute atomic E-state index is 0.0516. The SMILES string of the molecule is NC(=O)C1CN(C(=O)COc2ccc(Br)cc2Br)c2ccccc2O1. The summed E-state index contributed by atoms with van der Waals surface area (Å²) in [4.78, 5) is 25.6. The Morgan fingerprint density at radius 3 is 2.72 bits per heavy atom. The van der Waals surface area contributed by atoms with Gasteiger partial charge in [0.2, 0.25) is 0 Å². The minimum Gasteiger partial charge on any atom is -0.483 e. The topological polar surface area (TPSA) is 81.9 Å². The number of nitrogens with two attached hydrogens (primary N) is 1. The summed E-state index contributed by atoms with van der Waals surface area (Å²) >= 11 is 6.75. The van der Waals surface area contributed by atoms with Crippen molar-refractivity contribution in [2.75, 3.05) is 18.1 Å². The van der Waals surface area contributed by atoms with Gasteiger partial charge in [-0.15, -0.1) is 0 Å². The van der Waals surface area contributed by atoms with Gasteiger partial charge in [-0.3, -0.25) is 9.59 Å². The zero-order chi connectivity index (χ0) is 18.0. The molecule has 0 bridgehead atoms. The molecule has 0 saturated carbocycles. The van der Waals surface area contributed by atoms with Gasteiger partial charge < -0.3 is 20.1 Å². The lowest BCUT2D eigenvalue weighted by Crippen LogP contribution is -2.50. The normalized spacial score (nSPS) is 15.9. The summed E-state index contributed by atoms with van der Waals surface area (Å²) in [7, 11) is 0. The third kappa shape index (κ3) is 3.96. The number of para-hydroxylation sites is 2. The Labute approximate surface area is 161 Å². The number of benzene rings is 2. The maximum Gasteiger partial charge on any atom is 0.265 e. The Balaban J connectivity index is 1.77. The van der Waals surface area contributed by atoms with Crippen LogP contribution in [-0.4, -0.2) is 31.1 Å². The number of rotatable bonds is 4. The molecular weight excluding hydrogens is 456 g/mol. The predicted molar refractivity (Wildman–Crippen MR) is 99.7 cm³/mol. The molecule has 0 aromatic heterocycles. The first-order valence-corrected chi connectivity index (χ1v) is 8.97. The first-order chi connectivity index (χ1) is 12.0. The van der Waals surface area contributed by atoms with E-state index in [4.69, 9.17) is 15.2 Å². The zero-order valence-corrected chi connectivity index (χ0v) is 16.1. The molecular formula is C17H14Br2N2O4. The van der Waals surface area contributed by atoms with E-state index in [2.05, 4.69) is 31.9 Å². The van der Waals surface area contributed by atoms with Gasteiger partial charge in [-0.25, -0.2) is 0 Å². The van der Waals surface area contributed by atoms with E-state index in [0.717, 1.165) is 8.95 Å². The van der Waals surface area contributed by atoms with Gasteiger partial charge in [0.25, 0.3) is 11.8 Å². The first kappa shape index (κ1) is 17.8. The smallest absolute Gasteiger partial charge is 0.265 e. The summed E-state index contributed by atoms with van der Waals surface area (Å²) < 4.78 is 12.8. The van der Waals surface area contributed by atoms with Crippen LogP contribution in [0.15, 0.2) is 51.4 Å². The quantitative estimate of drug-likeness (QED) is 0.746. The standard InChI is InChI=1S/C17H14Br2N2O4/c18-10-5-6-13(11(19)7-10)24-9-16(22)21-8-15(17(20)23)25-14-4-2-1-3-12(14)21/h1-7,15H,8-9H2,(H2,20,23). The highest BCUT2D eigenvalue weighted by atomic mass is 79.9. The van der Waals surface area contributed by atoms with Crippen LogP contribution in [0.3, 0.4) is 0 Å². The Morgan fingerprint density at radius 2 is 2.00 bits per heavy atom. The number of anilines is 1. The number of ether oxygens (including phenoxy) is 2. The Morgan fingerprint density at radius 1 is 1.24 bits per heavy atom. The fraction of sp³-hybridized carbons (Fsp3) is 0.176. The van der Waals surface area contributed by atoms with Crippen molar-refractivity contribution in [3.8, 4) is 11.5 Å². The van der Waals surface area contributed by atoms with Crippen LogP contribution < -0.4 is 20.1 Å². The second-order valence-electron chi connectivity index (χ2n) is 5.34. The molecule has 2 aromatic rings. The van der Waals surface area contributed by atoms with E-state index in [-0.39, 0.29) is 19.1 Å². The maximum atomic E-state index is 12.6. The molecule has 1 atom stereocenters. The fourth-order valence-corrected chi connectivity index (χ4v) is 3.59.